The number of nitrogens with zero attached hydrogens (tertiary/aromatic N) is 1. The summed E-state index contributed by atoms with van der Waals surface area (Å²) in [6, 6.07) is 17.0. The molecule has 0 aliphatic carbocycles. The van der Waals surface area contributed by atoms with Crippen molar-refractivity contribution in [1.29, 1.82) is 0 Å². The topological polar surface area (TPSA) is 33.7 Å². The monoisotopic (exact) mass is 362 g/mol. The molecule has 1 saturated heterocycles. The van der Waals surface area contributed by atoms with Crippen molar-refractivity contribution in [2.45, 2.75) is 26.1 Å². The van der Waals surface area contributed by atoms with Crippen LogP contribution in [0.1, 0.15) is 18.1 Å². The van der Waals surface area contributed by atoms with Crippen LogP contribution < -0.4 is 14.8 Å². The van der Waals surface area contributed by atoms with Crippen LogP contribution in [-0.2, 0) is 13.2 Å². The van der Waals surface area contributed by atoms with Crippen LogP contribution in [0.3, 0.4) is 0 Å². The minimum absolute atomic E-state index is 0. The van der Waals surface area contributed by atoms with Gasteiger partial charge in [0.15, 0.2) is 11.5 Å². The Morgan fingerprint density at radius 2 is 1.88 bits per heavy atom. The van der Waals surface area contributed by atoms with E-state index in [2.05, 4.69) is 41.4 Å². The third-order valence-corrected chi connectivity index (χ3v) is 4.32. The lowest BCUT2D eigenvalue weighted by Gasteiger charge is -2.31. The lowest BCUT2D eigenvalue weighted by molar-refractivity contribution is 0.199. The number of ether oxygens (including phenoxy) is 2. The molecule has 5 heteroatoms. The normalized spacial score (nSPS) is 17.6. The number of nitrogens with one attached hydrogen (secondary N) is 1. The van der Waals surface area contributed by atoms with Crippen LogP contribution in [0.2, 0.25) is 0 Å². The van der Waals surface area contributed by atoms with E-state index in [-0.39, 0.29) is 12.4 Å². The van der Waals surface area contributed by atoms with E-state index >= 15 is 0 Å². The molecule has 1 fully saturated rings. The van der Waals surface area contributed by atoms with Gasteiger partial charge in [-0.3, -0.25) is 4.90 Å². The second-order valence-electron chi connectivity index (χ2n) is 6.35. The van der Waals surface area contributed by atoms with Gasteiger partial charge in [-0.15, -0.1) is 12.4 Å². The molecule has 0 aromatic heterocycles. The van der Waals surface area contributed by atoms with Gasteiger partial charge in [0.25, 0.3) is 0 Å². The van der Waals surface area contributed by atoms with Gasteiger partial charge in [-0.25, -0.2) is 0 Å². The SMILES string of the molecule is COc1cc(CN2CCN[C@H](C)C2)ccc1OCc1ccccc1.Cl. The number of methoxy groups -OCH3 is 1. The summed E-state index contributed by atoms with van der Waals surface area (Å²) in [7, 11) is 1.70. The van der Waals surface area contributed by atoms with Crippen LogP contribution in [0.5, 0.6) is 11.5 Å². The molecule has 1 atom stereocenters. The number of halogens is 1. The fourth-order valence-electron chi connectivity index (χ4n) is 3.08. The molecule has 0 spiro atoms. The molecular weight excluding hydrogens is 336 g/mol. The molecule has 3 rings (SSSR count). The van der Waals surface area contributed by atoms with Gasteiger partial charge < -0.3 is 14.8 Å². The highest BCUT2D eigenvalue weighted by atomic mass is 35.5. The van der Waals surface area contributed by atoms with E-state index in [1.54, 1.807) is 7.11 Å². The molecule has 0 radical (unpaired) electrons. The molecule has 1 heterocycles. The molecule has 0 amide bonds. The molecule has 2 aromatic carbocycles. The van der Waals surface area contributed by atoms with Crippen LogP contribution in [0.4, 0.5) is 0 Å². The van der Waals surface area contributed by atoms with Crippen LogP contribution in [0, 0.1) is 0 Å². The molecular formula is C20H27ClN2O2. The fraction of sp³-hybridized carbons (Fsp3) is 0.400. The Hall–Kier alpha value is -1.75. The predicted molar refractivity (Wildman–Crippen MR) is 104 cm³/mol. The Kier molecular flexibility index (Phi) is 7.56. The minimum Gasteiger partial charge on any atom is -0.493 e. The number of rotatable bonds is 6. The first-order valence-corrected chi connectivity index (χ1v) is 8.54. The summed E-state index contributed by atoms with van der Waals surface area (Å²) < 4.78 is 11.5. The Bertz CT molecular complexity index is 651. The molecule has 25 heavy (non-hydrogen) atoms. The highest BCUT2D eigenvalue weighted by Crippen LogP contribution is 2.29. The maximum Gasteiger partial charge on any atom is 0.161 e. The maximum atomic E-state index is 5.93. The number of hydrogen-bond acceptors (Lipinski definition) is 4. The van der Waals surface area contributed by atoms with Crippen LogP contribution in [-0.4, -0.2) is 37.7 Å². The quantitative estimate of drug-likeness (QED) is 0.852. The highest BCUT2D eigenvalue weighted by molar-refractivity contribution is 5.85. The summed E-state index contributed by atoms with van der Waals surface area (Å²) in [5.74, 6) is 1.59. The van der Waals surface area contributed by atoms with Crippen molar-refractivity contribution in [2.24, 2.45) is 0 Å². The van der Waals surface area contributed by atoms with E-state index in [1.807, 2.05) is 24.3 Å². The van der Waals surface area contributed by atoms with Gasteiger partial charge in [0.2, 0.25) is 0 Å². The van der Waals surface area contributed by atoms with Crippen molar-refractivity contribution in [3.63, 3.8) is 0 Å². The van der Waals surface area contributed by atoms with Crippen molar-refractivity contribution in [1.82, 2.24) is 10.2 Å². The summed E-state index contributed by atoms with van der Waals surface area (Å²) in [6.45, 7) is 6.94. The van der Waals surface area contributed by atoms with Crippen LogP contribution in [0.25, 0.3) is 0 Å². The van der Waals surface area contributed by atoms with E-state index < -0.39 is 0 Å². The van der Waals surface area contributed by atoms with E-state index in [0.717, 1.165) is 43.2 Å². The first-order valence-electron chi connectivity index (χ1n) is 8.54. The Morgan fingerprint density at radius 3 is 2.60 bits per heavy atom. The summed E-state index contributed by atoms with van der Waals surface area (Å²) in [5, 5.41) is 3.48. The number of piperazine rings is 1. The first kappa shape index (κ1) is 19.6. The zero-order valence-corrected chi connectivity index (χ0v) is 15.7. The summed E-state index contributed by atoms with van der Waals surface area (Å²) in [5.41, 5.74) is 2.41. The molecule has 0 saturated carbocycles. The molecule has 2 aromatic rings. The van der Waals surface area contributed by atoms with Gasteiger partial charge in [0, 0.05) is 32.2 Å². The van der Waals surface area contributed by atoms with E-state index in [0.29, 0.717) is 12.6 Å². The Balaban J connectivity index is 0.00000225. The molecule has 1 N–H and O–H groups in total. The predicted octanol–water partition coefficient (Wildman–Crippen LogP) is 3.49. The largest absolute Gasteiger partial charge is 0.493 e. The average molecular weight is 363 g/mol. The molecule has 136 valence electrons. The fourth-order valence-corrected chi connectivity index (χ4v) is 3.08. The molecule has 1 aliphatic rings. The van der Waals surface area contributed by atoms with Crippen molar-refractivity contribution in [2.75, 3.05) is 26.7 Å². The summed E-state index contributed by atoms with van der Waals surface area (Å²) >= 11 is 0. The number of hydrogen-bond donors (Lipinski definition) is 1. The van der Waals surface area contributed by atoms with Gasteiger partial charge in [-0.05, 0) is 30.2 Å². The van der Waals surface area contributed by atoms with Gasteiger partial charge in [0.1, 0.15) is 6.61 Å². The number of benzene rings is 2. The van der Waals surface area contributed by atoms with Crippen molar-refractivity contribution >= 4 is 12.4 Å². The summed E-state index contributed by atoms with van der Waals surface area (Å²) in [4.78, 5) is 2.47. The second kappa shape index (κ2) is 9.66. The van der Waals surface area contributed by atoms with Crippen molar-refractivity contribution in [3.05, 3.63) is 59.7 Å². The molecule has 4 nitrogen and oxygen atoms in total. The van der Waals surface area contributed by atoms with Crippen LogP contribution >= 0.6 is 12.4 Å². The van der Waals surface area contributed by atoms with Gasteiger partial charge in [-0.1, -0.05) is 36.4 Å². The van der Waals surface area contributed by atoms with E-state index in [9.17, 15) is 0 Å². The van der Waals surface area contributed by atoms with Gasteiger partial charge in [-0.2, -0.15) is 0 Å². The smallest absolute Gasteiger partial charge is 0.161 e. The first-order chi connectivity index (χ1) is 11.7. The molecule has 0 bridgehead atoms. The second-order valence-corrected chi connectivity index (χ2v) is 6.35. The zero-order chi connectivity index (χ0) is 16.8. The Morgan fingerprint density at radius 1 is 1.08 bits per heavy atom. The molecule has 1 aliphatic heterocycles. The lowest BCUT2D eigenvalue weighted by atomic mass is 10.1. The average Bonchev–Trinajstić information content (AvgIpc) is 2.61. The van der Waals surface area contributed by atoms with Gasteiger partial charge in [0.05, 0.1) is 7.11 Å². The minimum atomic E-state index is 0. The van der Waals surface area contributed by atoms with Crippen molar-refractivity contribution in [3.8, 4) is 11.5 Å². The van der Waals surface area contributed by atoms with E-state index in [4.69, 9.17) is 9.47 Å². The standard InChI is InChI=1S/C20H26N2O2.ClH/c1-16-13-22(11-10-21-16)14-18-8-9-19(20(12-18)23-2)24-15-17-6-4-3-5-7-17;/h3-9,12,16,21H,10-11,13-15H2,1-2H3;1H/t16-;/m1./s1. The maximum absolute atomic E-state index is 5.93. The Labute approximate surface area is 156 Å². The third-order valence-electron chi connectivity index (χ3n) is 4.32. The highest BCUT2D eigenvalue weighted by Gasteiger charge is 2.16. The zero-order valence-electron chi connectivity index (χ0n) is 14.9. The third kappa shape index (κ3) is 5.63. The molecule has 0 unspecified atom stereocenters. The van der Waals surface area contributed by atoms with Gasteiger partial charge >= 0.3 is 0 Å². The summed E-state index contributed by atoms with van der Waals surface area (Å²) in [6.07, 6.45) is 0. The van der Waals surface area contributed by atoms with Crippen LogP contribution in [0.15, 0.2) is 48.5 Å². The van der Waals surface area contributed by atoms with Crippen molar-refractivity contribution < 1.29 is 9.47 Å². The van der Waals surface area contributed by atoms with E-state index in [1.165, 1.54) is 5.56 Å². The lowest BCUT2D eigenvalue weighted by Crippen LogP contribution is -2.48.